The van der Waals surface area contributed by atoms with Gasteiger partial charge in [-0.15, -0.1) is 0 Å². The third-order valence-electron chi connectivity index (χ3n) is 2.51. The van der Waals surface area contributed by atoms with Gasteiger partial charge in [-0.25, -0.2) is 0 Å². The van der Waals surface area contributed by atoms with E-state index in [2.05, 4.69) is 0 Å². The van der Waals surface area contributed by atoms with Gasteiger partial charge in [0.05, 0.1) is 0 Å². The van der Waals surface area contributed by atoms with Crippen molar-refractivity contribution in [2.75, 3.05) is 0 Å². The number of halogens is 3. The topological polar surface area (TPSA) is 17.1 Å². The van der Waals surface area contributed by atoms with E-state index in [1.807, 2.05) is 42.5 Å². The normalized spacial score (nSPS) is 11.3. The minimum Gasteiger partial charge on any atom is -0.289 e. The van der Waals surface area contributed by atoms with Crippen LogP contribution in [0.25, 0.3) is 11.1 Å². The van der Waals surface area contributed by atoms with Crippen LogP contribution in [0.2, 0.25) is 0 Å². The molecule has 0 aliphatic heterocycles. The van der Waals surface area contributed by atoms with Gasteiger partial charge < -0.3 is 0 Å². The number of hydrogen-bond acceptors (Lipinski definition) is 1. The zero-order chi connectivity index (χ0) is 13.2. The Bertz CT molecular complexity index is 559. The highest BCUT2D eigenvalue weighted by Gasteiger charge is 2.33. The first-order valence-corrected chi connectivity index (χ1v) is 6.39. The van der Waals surface area contributed by atoms with Gasteiger partial charge in [0.2, 0.25) is 5.78 Å². The van der Waals surface area contributed by atoms with Crippen LogP contribution in [0.5, 0.6) is 0 Å². The lowest BCUT2D eigenvalue weighted by Crippen LogP contribution is -2.19. The van der Waals surface area contributed by atoms with Crippen molar-refractivity contribution in [2.45, 2.75) is 3.79 Å². The van der Waals surface area contributed by atoms with Gasteiger partial charge in [0, 0.05) is 5.56 Å². The molecule has 4 heteroatoms. The first-order valence-electron chi connectivity index (χ1n) is 5.26. The number of hydrogen-bond donors (Lipinski definition) is 0. The predicted molar refractivity (Wildman–Crippen MR) is 76.5 cm³/mol. The summed E-state index contributed by atoms with van der Waals surface area (Å²) in [5.41, 5.74) is 2.08. The molecule has 0 N–H and O–H groups in total. The Balaban J connectivity index is 2.54. The standard InChI is InChI=1S/C14H9Cl3O/c15-14(16,17)13(18)12-9-5-4-8-11(12)10-6-2-1-3-7-10/h1-9H. The van der Waals surface area contributed by atoms with Gasteiger partial charge in [-0.3, -0.25) is 4.79 Å². The van der Waals surface area contributed by atoms with Gasteiger partial charge in [0.15, 0.2) is 0 Å². The molecule has 1 nitrogen and oxygen atoms in total. The maximum absolute atomic E-state index is 12.1. The second kappa shape index (κ2) is 5.31. The van der Waals surface area contributed by atoms with Crippen molar-refractivity contribution < 1.29 is 4.79 Å². The van der Waals surface area contributed by atoms with Crippen LogP contribution in [0.15, 0.2) is 54.6 Å². The summed E-state index contributed by atoms with van der Waals surface area (Å²) < 4.78 is -1.94. The Hall–Kier alpha value is -1.02. The maximum atomic E-state index is 12.1. The molecule has 2 aromatic rings. The molecule has 0 aromatic heterocycles. The molecule has 0 spiro atoms. The Kier molecular flexibility index (Phi) is 3.96. The SMILES string of the molecule is O=C(c1ccccc1-c1ccccc1)C(Cl)(Cl)Cl. The van der Waals surface area contributed by atoms with E-state index in [1.54, 1.807) is 12.1 Å². The fraction of sp³-hybridized carbons (Fsp3) is 0.0714. The number of Topliss-reactive ketones (excluding diaryl/α,β-unsaturated/α-hetero) is 1. The molecule has 18 heavy (non-hydrogen) atoms. The average molecular weight is 300 g/mol. The fourth-order valence-corrected chi connectivity index (χ4v) is 2.01. The highest BCUT2D eigenvalue weighted by molar-refractivity contribution is 6.77. The first kappa shape index (κ1) is 13.4. The van der Waals surface area contributed by atoms with Crippen LogP contribution in [-0.2, 0) is 0 Å². The summed E-state index contributed by atoms with van der Waals surface area (Å²) in [6.45, 7) is 0. The largest absolute Gasteiger partial charge is 0.289 e. The van der Waals surface area contributed by atoms with Crippen LogP contribution < -0.4 is 0 Å². The van der Waals surface area contributed by atoms with E-state index in [-0.39, 0.29) is 0 Å². The molecule has 2 aromatic carbocycles. The van der Waals surface area contributed by atoms with E-state index in [4.69, 9.17) is 34.8 Å². The minimum atomic E-state index is -1.94. The minimum absolute atomic E-state index is 0.406. The summed E-state index contributed by atoms with van der Waals surface area (Å²) in [5.74, 6) is -0.521. The van der Waals surface area contributed by atoms with Gasteiger partial charge in [-0.2, -0.15) is 0 Å². The maximum Gasteiger partial charge on any atom is 0.253 e. The summed E-state index contributed by atoms with van der Waals surface area (Å²) >= 11 is 17.0. The highest BCUT2D eigenvalue weighted by Crippen LogP contribution is 2.34. The Morgan fingerprint density at radius 2 is 1.39 bits per heavy atom. The summed E-state index contributed by atoms with van der Waals surface area (Å²) in [5, 5.41) is 0. The average Bonchev–Trinajstić information content (AvgIpc) is 2.38. The van der Waals surface area contributed by atoms with E-state index >= 15 is 0 Å². The van der Waals surface area contributed by atoms with Crippen molar-refractivity contribution in [1.82, 2.24) is 0 Å². The van der Waals surface area contributed by atoms with E-state index in [0.717, 1.165) is 11.1 Å². The molecule has 0 bridgehead atoms. The second-order valence-electron chi connectivity index (χ2n) is 3.74. The van der Waals surface area contributed by atoms with Crippen LogP contribution in [0.1, 0.15) is 10.4 Å². The van der Waals surface area contributed by atoms with Crippen molar-refractivity contribution in [2.24, 2.45) is 0 Å². The molecule has 0 unspecified atom stereocenters. The lowest BCUT2D eigenvalue weighted by atomic mass is 9.97. The van der Waals surface area contributed by atoms with Crippen LogP contribution >= 0.6 is 34.8 Å². The third kappa shape index (κ3) is 2.86. The Morgan fingerprint density at radius 1 is 0.833 bits per heavy atom. The number of alkyl halides is 3. The molecule has 0 amide bonds. The van der Waals surface area contributed by atoms with E-state index in [1.165, 1.54) is 0 Å². The molecule has 0 heterocycles. The van der Waals surface area contributed by atoms with Gasteiger partial charge in [-0.1, -0.05) is 89.4 Å². The van der Waals surface area contributed by atoms with Crippen LogP contribution in [-0.4, -0.2) is 9.58 Å². The van der Waals surface area contributed by atoms with Crippen LogP contribution in [0.4, 0.5) is 0 Å². The summed E-state index contributed by atoms with van der Waals surface area (Å²) in [6, 6.07) is 16.6. The first-order chi connectivity index (χ1) is 8.50. The molecule has 0 fully saturated rings. The van der Waals surface area contributed by atoms with Crippen molar-refractivity contribution in [3.8, 4) is 11.1 Å². The quantitative estimate of drug-likeness (QED) is 0.569. The van der Waals surface area contributed by atoms with Crippen LogP contribution in [0, 0.1) is 0 Å². The van der Waals surface area contributed by atoms with Gasteiger partial charge in [0.1, 0.15) is 0 Å². The fourth-order valence-electron chi connectivity index (χ4n) is 1.70. The van der Waals surface area contributed by atoms with Gasteiger partial charge >= 0.3 is 0 Å². The molecular weight excluding hydrogens is 291 g/mol. The number of carbonyl (C=O) groups is 1. The van der Waals surface area contributed by atoms with Gasteiger partial charge in [0.25, 0.3) is 3.79 Å². The number of carbonyl (C=O) groups excluding carboxylic acids is 1. The molecule has 0 aliphatic carbocycles. The van der Waals surface area contributed by atoms with Crippen molar-refractivity contribution in [1.29, 1.82) is 0 Å². The Labute approximate surface area is 120 Å². The summed E-state index contributed by atoms with van der Waals surface area (Å²) in [6.07, 6.45) is 0. The summed E-state index contributed by atoms with van der Waals surface area (Å²) in [4.78, 5) is 12.1. The number of rotatable bonds is 2. The molecule has 2 rings (SSSR count). The van der Waals surface area contributed by atoms with Crippen molar-refractivity contribution in [3.05, 3.63) is 60.2 Å². The predicted octanol–water partition coefficient (Wildman–Crippen LogP) is 4.91. The number of ketones is 1. The van der Waals surface area contributed by atoms with Crippen LogP contribution in [0.3, 0.4) is 0 Å². The molecule has 0 saturated carbocycles. The third-order valence-corrected chi connectivity index (χ3v) is 3.03. The molecule has 92 valence electrons. The molecule has 0 saturated heterocycles. The lowest BCUT2D eigenvalue weighted by Gasteiger charge is -2.13. The summed E-state index contributed by atoms with van der Waals surface area (Å²) in [7, 11) is 0. The van der Waals surface area contributed by atoms with Crippen molar-refractivity contribution >= 4 is 40.6 Å². The highest BCUT2D eigenvalue weighted by atomic mass is 35.6. The lowest BCUT2D eigenvalue weighted by molar-refractivity contribution is 0.0997. The van der Waals surface area contributed by atoms with E-state index in [0.29, 0.717) is 5.56 Å². The molecule has 0 atom stereocenters. The van der Waals surface area contributed by atoms with Crippen molar-refractivity contribution in [3.63, 3.8) is 0 Å². The zero-order valence-electron chi connectivity index (χ0n) is 9.24. The second-order valence-corrected chi connectivity index (χ2v) is 6.02. The van der Waals surface area contributed by atoms with E-state index < -0.39 is 9.58 Å². The molecule has 0 radical (unpaired) electrons. The smallest absolute Gasteiger partial charge is 0.253 e. The molecular formula is C14H9Cl3O. The van der Waals surface area contributed by atoms with Gasteiger partial charge in [-0.05, 0) is 11.1 Å². The monoisotopic (exact) mass is 298 g/mol. The van der Waals surface area contributed by atoms with E-state index in [9.17, 15) is 4.79 Å². The molecule has 0 aliphatic rings. The number of benzene rings is 2. The Morgan fingerprint density at radius 3 is 2.00 bits per heavy atom. The zero-order valence-corrected chi connectivity index (χ0v) is 11.5.